The molecule has 1 aromatic carbocycles. The van der Waals surface area contributed by atoms with Gasteiger partial charge >= 0.3 is 0 Å². The van der Waals surface area contributed by atoms with Gasteiger partial charge in [-0.15, -0.1) is 0 Å². The number of benzene rings is 1. The van der Waals surface area contributed by atoms with Crippen LogP contribution >= 0.6 is 0 Å². The summed E-state index contributed by atoms with van der Waals surface area (Å²) >= 11 is 0. The number of hydrogen-bond donors (Lipinski definition) is 0. The average molecular weight is 231 g/mol. The quantitative estimate of drug-likeness (QED) is 0.696. The van der Waals surface area contributed by atoms with Crippen LogP contribution in [0.2, 0.25) is 0 Å². The highest BCUT2D eigenvalue weighted by molar-refractivity contribution is 5.63. The summed E-state index contributed by atoms with van der Waals surface area (Å²) < 4.78 is 0. The summed E-state index contributed by atoms with van der Waals surface area (Å²) in [5.74, 6) is 0. The van der Waals surface area contributed by atoms with Crippen molar-refractivity contribution in [1.82, 2.24) is 0 Å². The zero-order valence-electron chi connectivity index (χ0n) is 11.7. The standard InChI is InChI=1S/C16H25N/c1-5-6-9-12-17-13(2)16(3,4)14-10-7-8-11-15(14)17/h7-8,10-11,13H,5-6,9,12H2,1-4H3. The van der Waals surface area contributed by atoms with Crippen molar-refractivity contribution in [2.24, 2.45) is 0 Å². The number of anilines is 1. The molecule has 0 N–H and O–H groups in total. The van der Waals surface area contributed by atoms with E-state index in [4.69, 9.17) is 0 Å². The maximum absolute atomic E-state index is 2.60. The van der Waals surface area contributed by atoms with Crippen LogP contribution in [0, 0.1) is 0 Å². The molecule has 94 valence electrons. The lowest BCUT2D eigenvalue weighted by Crippen LogP contribution is -2.39. The smallest absolute Gasteiger partial charge is 0.0407 e. The Morgan fingerprint density at radius 1 is 1.18 bits per heavy atom. The molecule has 0 saturated carbocycles. The SMILES string of the molecule is CCCCCN1c2ccccc2C(C)(C)C1C. The molecular formula is C16H25N. The van der Waals surface area contributed by atoms with Gasteiger partial charge in [0.15, 0.2) is 0 Å². The number of rotatable bonds is 4. The summed E-state index contributed by atoms with van der Waals surface area (Å²) in [4.78, 5) is 2.60. The van der Waals surface area contributed by atoms with E-state index in [9.17, 15) is 0 Å². The van der Waals surface area contributed by atoms with Crippen molar-refractivity contribution in [3.8, 4) is 0 Å². The number of nitrogens with zero attached hydrogens (tertiary/aromatic N) is 1. The summed E-state index contributed by atoms with van der Waals surface area (Å²) in [6.45, 7) is 10.6. The zero-order valence-corrected chi connectivity index (χ0v) is 11.7. The first-order chi connectivity index (χ1) is 8.09. The third kappa shape index (κ3) is 2.08. The van der Waals surface area contributed by atoms with Crippen molar-refractivity contribution < 1.29 is 0 Å². The van der Waals surface area contributed by atoms with E-state index in [1.807, 2.05) is 0 Å². The Labute approximate surface area is 106 Å². The fraction of sp³-hybridized carbons (Fsp3) is 0.625. The first-order valence-corrected chi connectivity index (χ1v) is 6.95. The highest BCUT2D eigenvalue weighted by Gasteiger charge is 2.40. The molecule has 0 spiro atoms. The Hall–Kier alpha value is -0.980. The molecule has 2 rings (SSSR count). The molecule has 1 aliphatic rings. The fourth-order valence-electron chi connectivity index (χ4n) is 2.94. The summed E-state index contributed by atoms with van der Waals surface area (Å²) in [6.07, 6.45) is 3.95. The van der Waals surface area contributed by atoms with Crippen molar-refractivity contribution in [2.45, 2.75) is 58.4 Å². The molecule has 1 aromatic rings. The number of fused-ring (bicyclic) bond motifs is 1. The molecule has 17 heavy (non-hydrogen) atoms. The molecule has 0 aromatic heterocycles. The molecule has 1 aliphatic heterocycles. The van der Waals surface area contributed by atoms with E-state index in [2.05, 4.69) is 56.9 Å². The predicted octanol–water partition coefficient (Wildman–Crippen LogP) is 4.36. The van der Waals surface area contributed by atoms with Crippen molar-refractivity contribution in [3.63, 3.8) is 0 Å². The molecule has 0 radical (unpaired) electrons. The van der Waals surface area contributed by atoms with Gasteiger partial charge in [-0.2, -0.15) is 0 Å². The van der Waals surface area contributed by atoms with Gasteiger partial charge in [0.25, 0.3) is 0 Å². The van der Waals surface area contributed by atoms with Crippen LogP contribution in [-0.2, 0) is 5.41 Å². The van der Waals surface area contributed by atoms with Crippen molar-refractivity contribution in [3.05, 3.63) is 29.8 Å². The van der Waals surface area contributed by atoms with Crippen molar-refractivity contribution in [2.75, 3.05) is 11.4 Å². The van der Waals surface area contributed by atoms with E-state index in [0.29, 0.717) is 6.04 Å². The van der Waals surface area contributed by atoms with Gasteiger partial charge in [-0.3, -0.25) is 0 Å². The summed E-state index contributed by atoms with van der Waals surface area (Å²) in [6, 6.07) is 9.53. The second-order valence-electron chi connectivity index (χ2n) is 5.82. The third-order valence-corrected chi connectivity index (χ3v) is 4.42. The molecular weight excluding hydrogens is 206 g/mol. The van der Waals surface area contributed by atoms with E-state index in [1.165, 1.54) is 37.1 Å². The minimum Gasteiger partial charge on any atom is -0.368 e. The van der Waals surface area contributed by atoms with Gasteiger partial charge in [-0.05, 0) is 25.0 Å². The first kappa shape index (κ1) is 12.5. The second kappa shape index (κ2) is 4.72. The Balaban J connectivity index is 2.23. The lowest BCUT2D eigenvalue weighted by Gasteiger charge is -2.31. The maximum Gasteiger partial charge on any atom is 0.0407 e. The first-order valence-electron chi connectivity index (χ1n) is 6.95. The summed E-state index contributed by atoms with van der Waals surface area (Å²) in [5, 5.41) is 0. The van der Waals surface area contributed by atoms with Gasteiger partial charge in [0, 0.05) is 23.7 Å². The van der Waals surface area contributed by atoms with Crippen LogP contribution < -0.4 is 4.90 Å². The molecule has 0 bridgehead atoms. The predicted molar refractivity (Wildman–Crippen MR) is 75.8 cm³/mol. The minimum absolute atomic E-state index is 0.281. The van der Waals surface area contributed by atoms with E-state index >= 15 is 0 Å². The second-order valence-corrected chi connectivity index (χ2v) is 5.82. The van der Waals surface area contributed by atoms with Crippen LogP contribution in [0.15, 0.2) is 24.3 Å². The molecule has 0 fully saturated rings. The summed E-state index contributed by atoms with van der Waals surface area (Å²) in [7, 11) is 0. The van der Waals surface area contributed by atoms with Crippen LogP contribution in [0.1, 0.15) is 52.5 Å². The number of unbranched alkanes of at least 4 members (excludes halogenated alkanes) is 2. The van der Waals surface area contributed by atoms with Gasteiger partial charge in [-0.1, -0.05) is 51.8 Å². The Kier molecular flexibility index (Phi) is 3.46. The van der Waals surface area contributed by atoms with E-state index < -0.39 is 0 Å². The van der Waals surface area contributed by atoms with Gasteiger partial charge < -0.3 is 4.90 Å². The van der Waals surface area contributed by atoms with Crippen molar-refractivity contribution >= 4 is 5.69 Å². The molecule has 0 amide bonds. The summed E-state index contributed by atoms with van der Waals surface area (Å²) in [5.41, 5.74) is 3.26. The molecule has 0 saturated heterocycles. The van der Waals surface area contributed by atoms with Gasteiger partial charge in [-0.25, -0.2) is 0 Å². The largest absolute Gasteiger partial charge is 0.368 e. The van der Waals surface area contributed by atoms with Crippen LogP contribution in [-0.4, -0.2) is 12.6 Å². The molecule has 1 heteroatoms. The normalized spacial score (nSPS) is 21.6. The van der Waals surface area contributed by atoms with Gasteiger partial charge in [0.1, 0.15) is 0 Å². The van der Waals surface area contributed by atoms with Gasteiger partial charge in [0.2, 0.25) is 0 Å². The molecule has 1 heterocycles. The lowest BCUT2D eigenvalue weighted by molar-refractivity contribution is 0.437. The van der Waals surface area contributed by atoms with Crippen molar-refractivity contribution in [1.29, 1.82) is 0 Å². The molecule has 1 nitrogen and oxygen atoms in total. The van der Waals surface area contributed by atoms with E-state index in [1.54, 1.807) is 0 Å². The van der Waals surface area contributed by atoms with Gasteiger partial charge in [0.05, 0.1) is 0 Å². The molecule has 1 unspecified atom stereocenters. The molecule has 0 aliphatic carbocycles. The van der Waals surface area contributed by atoms with Crippen LogP contribution in [0.3, 0.4) is 0 Å². The maximum atomic E-state index is 2.60. The highest BCUT2D eigenvalue weighted by Crippen LogP contribution is 2.44. The monoisotopic (exact) mass is 231 g/mol. The topological polar surface area (TPSA) is 3.24 Å². The Morgan fingerprint density at radius 2 is 1.88 bits per heavy atom. The van der Waals surface area contributed by atoms with E-state index in [0.717, 1.165) is 0 Å². The van der Waals surface area contributed by atoms with Crippen LogP contribution in [0.25, 0.3) is 0 Å². The van der Waals surface area contributed by atoms with Crippen LogP contribution in [0.5, 0.6) is 0 Å². The van der Waals surface area contributed by atoms with Crippen LogP contribution in [0.4, 0.5) is 5.69 Å². The Bertz CT molecular complexity index is 381. The zero-order chi connectivity index (χ0) is 12.5. The fourth-order valence-corrected chi connectivity index (χ4v) is 2.94. The number of hydrogen-bond acceptors (Lipinski definition) is 1. The van der Waals surface area contributed by atoms with E-state index in [-0.39, 0.29) is 5.41 Å². The lowest BCUT2D eigenvalue weighted by atomic mass is 9.81. The minimum atomic E-state index is 0.281. The average Bonchev–Trinajstić information content (AvgIpc) is 2.51. The third-order valence-electron chi connectivity index (χ3n) is 4.42. The molecule has 1 atom stereocenters. The highest BCUT2D eigenvalue weighted by atomic mass is 15.2. The number of para-hydroxylation sites is 1. The Morgan fingerprint density at radius 3 is 2.59 bits per heavy atom.